The topological polar surface area (TPSA) is 72.7 Å². The number of hydrogen-bond acceptors (Lipinski definition) is 6. The Kier molecular flexibility index (Phi) is 3.48. The third kappa shape index (κ3) is 2.68. The number of nitrogens with one attached hydrogen (secondary N) is 1. The van der Waals surface area contributed by atoms with Gasteiger partial charge in [0.25, 0.3) is 5.56 Å². The summed E-state index contributed by atoms with van der Waals surface area (Å²) in [7, 11) is 1.61. The summed E-state index contributed by atoms with van der Waals surface area (Å²) in [5.74, 6) is 0. The summed E-state index contributed by atoms with van der Waals surface area (Å²) in [4.78, 5) is 11.2. The zero-order valence-corrected chi connectivity index (χ0v) is 10.5. The van der Waals surface area contributed by atoms with Crippen molar-refractivity contribution in [2.45, 2.75) is 13.3 Å². The molecule has 0 fully saturated rings. The Hall–Kier alpha value is -1.76. The van der Waals surface area contributed by atoms with E-state index in [9.17, 15) is 4.79 Å². The summed E-state index contributed by atoms with van der Waals surface area (Å²) in [5, 5.41) is 16.8. The van der Waals surface area contributed by atoms with E-state index < -0.39 is 0 Å². The molecule has 2 rings (SSSR count). The number of rotatable bonds is 4. The Balaban J connectivity index is 2.24. The van der Waals surface area contributed by atoms with Crippen LogP contribution in [0.1, 0.15) is 13.3 Å². The lowest BCUT2D eigenvalue weighted by molar-refractivity contribution is 0.711. The molecule has 0 radical (unpaired) electrons. The number of anilines is 1. The molecule has 7 heteroatoms. The molecule has 0 amide bonds. The van der Waals surface area contributed by atoms with Crippen LogP contribution >= 0.6 is 11.3 Å². The van der Waals surface area contributed by atoms with Crippen molar-refractivity contribution in [1.82, 2.24) is 20.0 Å². The molecule has 0 aliphatic carbocycles. The monoisotopic (exact) mass is 251 g/mol. The van der Waals surface area contributed by atoms with Crippen LogP contribution in [0.25, 0.3) is 10.7 Å². The molecule has 0 saturated heterocycles. The molecular formula is C10H13N5OS. The first kappa shape index (κ1) is 11.7. The molecule has 0 spiro atoms. The minimum absolute atomic E-state index is 0.136. The maximum atomic E-state index is 11.2. The van der Waals surface area contributed by atoms with Crippen LogP contribution in [0.2, 0.25) is 0 Å². The summed E-state index contributed by atoms with van der Waals surface area (Å²) in [6, 6.07) is 3.13. The number of hydrogen-bond donors (Lipinski definition) is 1. The zero-order valence-electron chi connectivity index (χ0n) is 9.67. The van der Waals surface area contributed by atoms with Gasteiger partial charge in [-0.2, -0.15) is 5.10 Å². The Morgan fingerprint density at radius 1 is 1.41 bits per heavy atom. The summed E-state index contributed by atoms with van der Waals surface area (Å²) < 4.78 is 1.29. The third-order valence-corrected chi connectivity index (χ3v) is 3.03. The first-order valence-corrected chi connectivity index (χ1v) is 6.14. The van der Waals surface area contributed by atoms with Crippen LogP contribution in [0.5, 0.6) is 0 Å². The lowest BCUT2D eigenvalue weighted by Gasteiger charge is -1.97. The van der Waals surface area contributed by atoms with E-state index in [-0.39, 0.29) is 5.56 Å². The van der Waals surface area contributed by atoms with Crippen molar-refractivity contribution in [1.29, 1.82) is 0 Å². The molecular weight excluding hydrogens is 238 g/mol. The Morgan fingerprint density at radius 2 is 2.24 bits per heavy atom. The molecule has 0 saturated carbocycles. The van der Waals surface area contributed by atoms with Crippen LogP contribution in [-0.2, 0) is 7.05 Å². The molecule has 0 aliphatic heterocycles. The van der Waals surface area contributed by atoms with Gasteiger partial charge >= 0.3 is 0 Å². The normalized spacial score (nSPS) is 10.5. The fraction of sp³-hybridized carbons (Fsp3) is 0.400. The highest BCUT2D eigenvalue weighted by atomic mass is 32.1. The quantitative estimate of drug-likeness (QED) is 0.881. The van der Waals surface area contributed by atoms with Gasteiger partial charge in [-0.05, 0) is 12.5 Å². The van der Waals surface area contributed by atoms with Gasteiger partial charge in [-0.1, -0.05) is 18.3 Å². The highest BCUT2D eigenvalue weighted by Gasteiger charge is 2.08. The molecule has 0 atom stereocenters. The fourth-order valence-electron chi connectivity index (χ4n) is 1.25. The molecule has 0 aliphatic rings. The third-order valence-electron chi connectivity index (χ3n) is 2.13. The lowest BCUT2D eigenvalue weighted by atomic mass is 10.4. The van der Waals surface area contributed by atoms with E-state index in [1.165, 1.54) is 22.1 Å². The Morgan fingerprint density at radius 3 is 2.94 bits per heavy atom. The zero-order chi connectivity index (χ0) is 12.3. The molecule has 2 aromatic heterocycles. The van der Waals surface area contributed by atoms with Gasteiger partial charge in [-0.15, -0.1) is 10.2 Å². The van der Waals surface area contributed by atoms with Crippen LogP contribution in [0.3, 0.4) is 0 Å². The van der Waals surface area contributed by atoms with Crippen LogP contribution in [0, 0.1) is 0 Å². The minimum Gasteiger partial charge on any atom is -0.360 e. The van der Waals surface area contributed by atoms with Gasteiger partial charge in [-0.25, -0.2) is 4.68 Å². The van der Waals surface area contributed by atoms with Gasteiger partial charge in [-0.3, -0.25) is 4.79 Å². The molecule has 0 bridgehead atoms. The van der Waals surface area contributed by atoms with Gasteiger partial charge in [0.05, 0.1) is 0 Å². The maximum absolute atomic E-state index is 11.2. The van der Waals surface area contributed by atoms with Crippen LogP contribution in [-0.4, -0.2) is 26.5 Å². The minimum atomic E-state index is -0.136. The summed E-state index contributed by atoms with van der Waals surface area (Å²) >= 11 is 1.43. The van der Waals surface area contributed by atoms with E-state index in [1.54, 1.807) is 13.1 Å². The van der Waals surface area contributed by atoms with E-state index in [1.807, 2.05) is 0 Å². The molecule has 2 aromatic rings. The van der Waals surface area contributed by atoms with Crippen LogP contribution < -0.4 is 10.9 Å². The lowest BCUT2D eigenvalue weighted by Crippen LogP contribution is -2.18. The maximum Gasteiger partial charge on any atom is 0.266 e. The largest absolute Gasteiger partial charge is 0.360 e. The van der Waals surface area contributed by atoms with Gasteiger partial charge in [0.1, 0.15) is 5.69 Å². The molecule has 1 N–H and O–H groups in total. The second kappa shape index (κ2) is 5.05. The highest BCUT2D eigenvalue weighted by Crippen LogP contribution is 2.23. The Bertz CT molecular complexity index is 562. The van der Waals surface area contributed by atoms with Crippen molar-refractivity contribution < 1.29 is 0 Å². The van der Waals surface area contributed by atoms with Crippen molar-refractivity contribution in [3.05, 3.63) is 22.5 Å². The molecule has 90 valence electrons. The van der Waals surface area contributed by atoms with Gasteiger partial charge in [0.15, 0.2) is 5.01 Å². The number of aryl methyl sites for hydroxylation is 1. The molecule has 6 nitrogen and oxygen atoms in total. The van der Waals surface area contributed by atoms with E-state index in [0.717, 1.165) is 18.1 Å². The number of aromatic nitrogens is 4. The SMILES string of the molecule is CCCNc1nnc(-c2ccc(=O)n(C)n2)s1. The summed E-state index contributed by atoms with van der Waals surface area (Å²) in [6.45, 7) is 2.96. The van der Waals surface area contributed by atoms with Gasteiger partial charge in [0, 0.05) is 19.7 Å². The van der Waals surface area contributed by atoms with E-state index >= 15 is 0 Å². The van der Waals surface area contributed by atoms with Crippen molar-refractivity contribution in [3.63, 3.8) is 0 Å². The molecule has 0 unspecified atom stereocenters. The predicted octanol–water partition coefficient (Wildman–Crippen LogP) is 1.12. The first-order chi connectivity index (χ1) is 8.20. The van der Waals surface area contributed by atoms with E-state index in [2.05, 4.69) is 27.5 Å². The molecule has 2 heterocycles. The van der Waals surface area contributed by atoms with Crippen molar-refractivity contribution in [2.24, 2.45) is 7.05 Å². The van der Waals surface area contributed by atoms with E-state index in [4.69, 9.17) is 0 Å². The second-order valence-electron chi connectivity index (χ2n) is 3.52. The van der Waals surface area contributed by atoms with E-state index in [0.29, 0.717) is 10.7 Å². The Labute approximate surface area is 102 Å². The smallest absolute Gasteiger partial charge is 0.266 e. The van der Waals surface area contributed by atoms with Crippen molar-refractivity contribution >= 4 is 16.5 Å². The highest BCUT2D eigenvalue weighted by molar-refractivity contribution is 7.18. The summed E-state index contributed by atoms with van der Waals surface area (Å²) in [6.07, 6.45) is 1.03. The van der Waals surface area contributed by atoms with Gasteiger partial charge < -0.3 is 5.32 Å². The number of nitrogens with zero attached hydrogens (tertiary/aromatic N) is 4. The average Bonchev–Trinajstić information content (AvgIpc) is 2.79. The van der Waals surface area contributed by atoms with Crippen molar-refractivity contribution in [3.8, 4) is 10.7 Å². The summed E-state index contributed by atoms with van der Waals surface area (Å²) in [5.41, 5.74) is 0.525. The standard InChI is InChI=1S/C10H13N5OS/c1-3-6-11-10-13-12-9(17-10)7-4-5-8(16)15(2)14-7/h4-5H,3,6H2,1-2H3,(H,11,13). The van der Waals surface area contributed by atoms with Crippen LogP contribution in [0.15, 0.2) is 16.9 Å². The molecule has 0 aromatic carbocycles. The second-order valence-corrected chi connectivity index (χ2v) is 4.50. The first-order valence-electron chi connectivity index (χ1n) is 5.33. The van der Waals surface area contributed by atoms with Crippen LogP contribution in [0.4, 0.5) is 5.13 Å². The predicted molar refractivity (Wildman–Crippen MR) is 67.2 cm³/mol. The van der Waals surface area contributed by atoms with Crippen molar-refractivity contribution in [2.75, 3.05) is 11.9 Å². The average molecular weight is 251 g/mol. The van der Waals surface area contributed by atoms with Gasteiger partial charge in [0.2, 0.25) is 5.13 Å². The fourth-order valence-corrected chi connectivity index (χ4v) is 1.98. The molecule has 17 heavy (non-hydrogen) atoms.